The summed E-state index contributed by atoms with van der Waals surface area (Å²) in [5, 5.41) is 13.6. The van der Waals surface area contributed by atoms with Gasteiger partial charge in [0.2, 0.25) is 5.91 Å². The van der Waals surface area contributed by atoms with Gasteiger partial charge in [0.15, 0.2) is 5.82 Å². The van der Waals surface area contributed by atoms with Crippen LogP contribution in [0.1, 0.15) is 20.8 Å². The molecule has 2 aromatic heterocycles. The highest BCUT2D eigenvalue weighted by atomic mass is 32.1. The number of amides is 2. The summed E-state index contributed by atoms with van der Waals surface area (Å²) in [5.74, 6) is 0.0674. The maximum atomic E-state index is 12.8. The van der Waals surface area contributed by atoms with E-state index < -0.39 is 0 Å². The molecule has 1 fully saturated rings. The lowest BCUT2D eigenvalue weighted by Crippen LogP contribution is -2.36. The predicted octanol–water partition coefficient (Wildman–Crippen LogP) is 4.20. The van der Waals surface area contributed by atoms with Crippen LogP contribution in [0.4, 0.5) is 17.2 Å². The van der Waals surface area contributed by atoms with Crippen molar-refractivity contribution >= 4 is 50.6 Å². The SMILES string of the molecule is Cc1ccc(CC(=O)Nc2n[nH]c3sc(C(=O)Nc4ccc(N5CCOCC5)cc4)cc23)cc1. The number of ether oxygens (including phenoxy) is 1. The summed E-state index contributed by atoms with van der Waals surface area (Å²) in [6.07, 6.45) is 0.257. The van der Waals surface area contributed by atoms with E-state index >= 15 is 0 Å². The van der Waals surface area contributed by atoms with Crippen LogP contribution in [-0.2, 0) is 16.0 Å². The number of carbonyl (C=O) groups is 2. The predicted molar refractivity (Wildman–Crippen MR) is 135 cm³/mol. The van der Waals surface area contributed by atoms with E-state index in [2.05, 4.69) is 25.7 Å². The van der Waals surface area contributed by atoms with Crippen molar-refractivity contribution in [2.45, 2.75) is 13.3 Å². The van der Waals surface area contributed by atoms with Gasteiger partial charge < -0.3 is 20.3 Å². The molecule has 174 valence electrons. The zero-order chi connectivity index (χ0) is 23.5. The Kier molecular flexibility index (Phi) is 6.29. The number of hydrogen-bond donors (Lipinski definition) is 3. The van der Waals surface area contributed by atoms with Crippen LogP contribution in [0.3, 0.4) is 0 Å². The number of H-pyrrole nitrogens is 1. The van der Waals surface area contributed by atoms with Crippen molar-refractivity contribution in [2.24, 2.45) is 0 Å². The number of morpholine rings is 1. The van der Waals surface area contributed by atoms with E-state index in [9.17, 15) is 9.59 Å². The fourth-order valence-electron chi connectivity index (χ4n) is 3.86. The molecule has 0 atom stereocenters. The van der Waals surface area contributed by atoms with Gasteiger partial charge in [-0.25, -0.2) is 0 Å². The van der Waals surface area contributed by atoms with E-state index in [-0.39, 0.29) is 18.2 Å². The summed E-state index contributed by atoms with van der Waals surface area (Å²) in [7, 11) is 0. The number of rotatable bonds is 6. The van der Waals surface area contributed by atoms with Crippen molar-refractivity contribution in [3.05, 3.63) is 70.6 Å². The van der Waals surface area contributed by atoms with Crippen molar-refractivity contribution in [2.75, 3.05) is 41.8 Å². The lowest BCUT2D eigenvalue weighted by Gasteiger charge is -2.28. The summed E-state index contributed by atoms with van der Waals surface area (Å²) in [6, 6.07) is 17.4. The van der Waals surface area contributed by atoms with Crippen LogP contribution in [-0.4, -0.2) is 48.3 Å². The van der Waals surface area contributed by atoms with E-state index in [1.54, 1.807) is 6.07 Å². The molecule has 2 amide bonds. The Labute approximate surface area is 200 Å². The molecule has 1 saturated heterocycles. The molecule has 5 rings (SSSR count). The second-order valence-electron chi connectivity index (χ2n) is 8.24. The lowest BCUT2D eigenvalue weighted by molar-refractivity contribution is -0.115. The van der Waals surface area contributed by atoms with Crippen molar-refractivity contribution in [3.63, 3.8) is 0 Å². The number of hydrogen-bond acceptors (Lipinski definition) is 6. The number of fused-ring (bicyclic) bond motifs is 1. The maximum absolute atomic E-state index is 12.8. The van der Waals surface area contributed by atoms with Crippen molar-refractivity contribution in [1.29, 1.82) is 0 Å². The first-order chi connectivity index (χ1) is 16.5. The Balaban J connectivity index is 1.23. The van der Waals surface area contributed by atoms with E-state index in [4.69, 9.17) is 4.74 Å². The molecule has 0 spiro atoms. The largest absolute Gasteiger partial charge is 0.378 e. The quantitative estimate of drug-likeness (QED) is 0.388. The van der Waals surface area contributed by atoms with Gasteiger partial charge in [-0.05, 0) is 42.8 Å². The molecule has 8 nitrogen and oxygen atoms in total. The van der Waals surface area contributed by atoms with Gasteiger partial charge >= 0.3 is 0 Å². The molecule has 0 unspecified atom stereocenters. The Bertz CT molecular complexity index is 1300. The zero-order valence-electron chi connectivity index (χ0n) is 18.8. The standard InChI is InChI=1S/C25H25N5O3S/c1-16-2-4-17(5-3-16)14-22(31)27-23-20-15-21(34-25(20)29-28-23)24(32)26-18-6-8-19(9-7-18)30-10-12-33-13-11-30/h2-9,15H,10-14H2,1H3,(H,26,32)(H2,27,28,29,31). The van der Waals surface area contributed by atoms with E-state index in [1.165, 1.54) is 11.3 Å². The van der Waals surface area contributed by atoms with Crippen LogP contribution in [0.25, 0.3) is 10.2 Å². The van der Waals surface area contributed by atoms with Gasteiger partial charge in [-0.1, -0.05) is 29.8 Å². The minimum atomic E-state index is -0.203. The number of aromatic nitrogens is 2. The topological polar surface area (TPSA) is 99.3 Å². The number of benzene rings is 2. The summed E-state index contributed by atoms with van der Waals surface area (Å²) in [6.45, 7) is 5.20. The lowest BCUT2D eigenvalue weighted by atomic mass is 10.1. The van der Waals surface area contributed by atoms with Gasteiger partial charge in [-0.2, -0.15) is 5.10 Å². The maximum Gasteiger partial charge on any atom is 0.265 e. The highest BCUT2D eigenvalue weighted by Gasteiger charge is 2.17. The van der Waals surface area contributed by atoms with Gasteiger partial charge in [0.25, 0.3) is 5.91 Å². The number of anilines is 3. The summed E-state index contributed by atoms with van der Waals surface area (Å²) in [5.41, 5.74) is 3.92. The minimum Gasteiger partial charge on any atom is -0.378 e. The Hall–Kier alpha value is -3.69. The summed E-state index contributed by atoms with van der Waals surface area (Å²) >= 11 is 1.30. The number of nitrogens with zero attached hydrogens (tertiary/aromatic N) is 2. The highest BCUT2D eigenvalue weighted by Crippen LogP contribution is 2.30. The molecule has 0 radical (unpaired) electrons. The average molecular weight is 476 g/mol. The van der Waals surface area contributed by atoms with Gasteiger partial charge in [0.05, 0.1) is 29.9 Å². The van der Waals surface area contributed by atoms with Gasteiger partial charge in [0.1, 0.15) is 4.83 Å². The fourth-order valence-corrected chi connectivity index (χ4v) is 4.76. The second kappa shape index (κ2) is 9.66. The van der Waals surface area contributed by atoms with Crippen LogP contribution in [0.2, 0.25) is 0 Å². The summed E-state index contributed by atoms with van der Waals surface area (Å²) < 4.78 is 5.40. The van der Waals surface area contributed by atoms with Crippen LogP contribution in [0.5, 0.6) is 0 Å². The number of nitrogens with one attached hydrogen (secondary N) is 3. The van der Waals surface area contributed by atoms with E-state index in [0.29, 0.717) is 10.7 Å². The number of aromatic amines is 1. The summed E-state index contributed by atoms with van der Waals surface area (Å²) in [4.78, 5) is 28.8. The zero-order valence-corrected chi connectivity index (χ0v) is 19.6. The molecule has 1 aliphatic rings. The van der Waals surface area contributed by atoms with E-state index in [0.717, 1.165) is 59.0 Å². The number of carbonyl (C=O) groups excluding carboxylic acids is 2. The molecule has 9 heteroatoms. The van der Waals surface area contributed by atoms with Gasteiger partial charge in [-0.3, -0.25) is 14.7 Å². The molecule has 4 aromatic rings. The monoisotopic (exact) mass is 475 g/mol. The molecule has 2 aromatic carbocycles. The molecule has 0 bridgehead atoms. The Morgan fingerprint density at radius 1 is 1.06 bits per heavy atom. The molecule has 3 heterocycles. The fraction of sp³-hybridized carbons (Fsp3) is 0.240. The Morgan fingerprint density at radius 2 is 1.79 bits per heavy atom. The molecule has 34 heavy (non-hydrogen) atoms. The Morgan fingerprint density at radius 3 is 2.53 bits per heavy atom. The normalized spacial score (nSPS) is 13.7. The molecule has 0 aliphatic carbocycles. The first kappa shape index (κ1) is 22.1. The van der Waals surface area contributed by atoms with E-state index in [1.807, 2.05) is 55.5 Å². The highest BCUT2D eigenvalue weighted by molar-refractivity contribution is 7.20. The third-order valence-corrected chi connectivity index (χ3v) is 6.76. The third kappa shape index (κ3) is 4.95. The van der Waals surface area contributed by atoms with Crippen molar-refractivity contribution in [1.82, 2.24) is 10.2 Å². The minimum absolute atomic E-state index is 0.158. The van der Waals surface area contributed by atoms with Crippen LogP contribution < -0.4 is 15.5 Å². The van der Waals surface area contributed by atoms with Crippen LogP contribution >= 0.6 is 11.3 Å². The first-order valence-electron chi connectivity index (χ1n) is 11.1. The molecule has 1 aliphatic heterocycles. The van der Waals surface area contributed by atoms with Crippen molar-refractivity contribution in [3.8, 4) is 0 Å². The van der Waals surface area contributed by atoms with Crippen molar-refractivity contribution < 1.29 is 14.3 Å². The van der Waals surface area contributed by atoms with Crippen LogP contribution in [0, 0.1) is 6.92 Å². The van der Waals surface area contributed by atoms with Gasteiger partial charge in [0, 0.05) is 24.5 Å². The number of thiophene rings is 1. The van der Waals surface area contributed by atoms with Gasteiger partial charge in [-0.15, -0.1) is 11.3 Å². The molecule has 3 N–H and O–H groups in total. The molecule has 0 saturated carbocycles. The van der Waals surface area contributed by atoms with Crippen LogP contribution in [0.15, 0.2) is 54.6 Å². The molecular formula is C25H25N5O3S. The third-order valence-electron chi connectivity index (χ3n) is 5.72. The smallest absolute Gasteiger partial charge is 0.265 e. The average Bonchev–Trinajstić information content (AvgIpc) is 3.44. The first-order valence-corrected chi connectivity index (χ1v) is 11.9. The molecular weight excluding hydrogens is 450 g/mol. The second-order valence-corrected chi connectivity index (χ2v) is 9.29. The number of aryl methyl sites for hydroxylation is 1.